The highest BCUT2D eigenvalue weighted by atomic mass is 35.5. The molecule has 1 fully saturated rings. The molecule has 1 aromatic rings. The number of rotatable bonds is 6. The summed E-state index contributed by atoms with van der Waals surface area (Å²) in [6, 6.07) is 5.80. The zero-order chi connectivity index (χ0) is 18.4. The van der Waals surface area contributed by atoms with Crippen molar-refractivity contribution in [1.29, 1.82) is 0 Å². The van der Waals surface area contributed by atoms with E-state index in [9.17, 15) is 14.4 Å². The molecule has 0 spiro atoms. The third-order valence-corrected chi connectivity index (χ3v) is 4.61. The number of hydrogen-bond donors (Lipinski definition) is 4. The first-order chi connectivity index (χ1) is 11.8. The minimum Gasteiger partial charge on any atom is -0.481 e. The van der Waals surface area contributed by atoms with Gasteiger partial charge in [-0.3, -0.25) is 9.59 Å². The van der Waals surface area contributed by atoms with Crippen LogP contribution in [-0.4, -0.2) is 29.1 Å². The van der Waals surface area contributed by atoms with Crippen molar-refractivity contribution < 1.29 is 19.5 Å². The lowest BCUT2D eigenvalue weighted by molar-refractivity contribution is -0.142. The molecule has 5 N–H and O–H groups in total. The molecule has 1 atom stereocenters. The van der Waals surface area contributed by atoms with Gasteiger partial charge in [0.25, 0.3) is 0 Å². The summed E-state index contributed by atoms with van der Waals surface area (Å²) >= 11 is 5.96. The van der Waals surface area contributed by atoms with Crippen molar-refractivity contribution in [3.8, 4) is 0 Å². The first-order valence-corrected chi connectivity index (χ1v) is 8.56. The lowest BCUT2D eigenvalue weighted by atomic mass is 9.86. The molecule has 136 valence electrons. The van der Waals surface area contributed by atoms with E-state index < -0.39 is 23.9 Å². The highest BCUT2D eigenvalue weighted by molar-refractivity contribution is 6.30. The fourth-order valence-corrected chi connectivity index (χ4v) is 3.25. The molecule has 1 saturated carbocycles. The van der Waals surface area contributed by atoms with E-state index in [2.05, 4.69) is 10.6 Å². The van der Waals surface area contributed by atoms with Crippen molar-refractivity contribution in [3.63, 3.8) is 0 Å². The molecule has 1 aromatic carbocycles. The zero-order valence-electron chi connectivity index (χ0n) is 13.7. The summed E-state index contributed by atoms with van der Waals surface area (Å²) in [5, 5.41) is 15.1. The van der Waals surface area contributed by atoms with Crippen LogP contribution in [0.1, 0.15) is 43.7 Å². The van der Waals surface area contributed by atoms with Gasteiger partial charge in [-0.15, -0.1) is 0 Å². The molecule has 1 aliphatic rings. The van der Waals surface area contributed by atoms with Gasteiger partial charge in [0.1, 0.15) is 0 Å². The van der Waals surface area contributed by atoms with Crippen molar-refractivity contribution in [1.82, 2.24) is 10.6 Å². The topological polar surface area (TPSA) is 122 Å². The number of nitrogens with one attached hydrogen (secondary N) is 2. The Balaban J connectivity index is 1.93. The number of carboxylic acid groups (broad SMARTS) is 1. The first kappa shape index (κ1) is 19.1. The van der Waals surface area contributed by atoms with Gasteiger partial charge < -0.3 is 21.5 Å². The maximum absolute atomic E-state index is 12.3. The van der Waals surface area contributed by atoms with Gasteiger partial charge in [-0.05, 0) is 43.4 Å². The molecule has 0 radical (unpaired) electrons. The Hall–Kier alpha value is -2.28. The Morgan fingerprint density at radius 3 is 2.48 bits per heavy atom. The largest absolute Gasteiger partial charge is 0.481 e. The number of carbonyl (C=O) groups excluding carboxylic acids is 2. The number of primary amides is 1. The van der Waals surface area contributed by atoms with E-state index >= 15 is 0 Å². The molecule has 0 aromatic heterocycles. The summed E-state index contributed by atoms with van der Waals surface area (Å²) in [4.78, 5) is 34.5. The highest BCUT2D eigenvalue weighted by Gasteiger charge is 2.27. The molecule has 0 aliphatic heterocycles. The third-order valence-electron chi connectivity index (χ3n) is 4.37. The summed E-state index contributed by atoms with van der Waals surface area (Å²) in [5.41, 5.74) is 5.96. The first-order valence-electron chi connectivity index (χ1n) is 8.18. The second-order valence-electron chi connectivity index (χ2n) is 6.28. The Bertz CT molecular complexity index is 645. The molecule has 8 heteroatoms. The molecular formula is C17H22ClN3O4. The molecule has 0 heterocycles. The van der Waals surface area contributed by atoms with Crippen molar-refractivity contribution in [2.75, 3.05) is 0 Å². The molecular weight excluding hydrogens is 346 g/mol. The van der Waals surface area contributed by atoms with Crippen LogP contribution in [0.5, 0.6) is 0 Å². The maximum atomic E-state index is 12.3. The van der Waals surface area contributed by atoms with Crippen molar-refractivity contribution in [2.45, 2.75) is 44.2 Å². The fourth-order valence-electron chi connectivity index (χ4n) is 3.05. The van der Waals surface area contributed by atoms with Gasteiger partial charge in [0.2, 0.25) is 5.91 Å². The van der Waals surface area contributed by atoms with E-state index in [1.807, 2.05) is 0 Å². The normalized spacial score (nSPS) is 21.2. The smallest absolute Gasteiger partial charge is 0.315 e. The maximum Gasteiger partial charge on any atom is 0.315 e. The fraction of sp³-hybridized carbons (Fsp3) is 0.471. The lowest BCUT2D eigenvalue weighted by Gasteiger charge is -2.28. The van der Waals surface area contributed by atoms with E-state index in [-0.39, 0.29) is 18.4 Å². The number of halogens is 1. The molecule has 2 rings (SSSR count). The lowest BCUT2D eigenvalue weighted by Crippen LogP contribution is -2.45. The molecule has 1 aliphatic carbocycles. The molecule has 25 heavy (non-hydrogen) atoms. The average molecular weight is 368 g/mol. The van der Waals surface area contributed by atoms with Crippen LogP contribution in [0.3, 0.4) is 0 Å². The molecule has 0 saturated heterocycles. The molecule has 0 bridgehead atoms. The minimum absolute atomic E-state index is 0.0421. The Kier molecular flexibility index (Phi) is 6.64. The van der Waals surface area contributed by atoms with Gasteiger partial charge in [-0.25, -0.2) is 4.79 Å². The SMILES string of the molecule is NC(=O)C[C@@H](NC(=O)NC1CCC(C(=O)O)CC1)c1cccc(Cl)c1. The van der Waals surface area contributed by atoms with Crippen LogP contribution >= 0.6 is 11.6 Å². The highest BCUT2D eigenvalue weighted by Crippen LogP contribution is 2.25. The standard InChI is InChI=1S/C17H22ClN3O4/c18-12-3-1-2-11(8-12)14(9-15(19)22)21-17(25)20-13-6-4-10(5-7-13)16(23)24/h1-3,8,10,13-14H,4-7,9H2,(H2,19,22)(H,23,24)(H2,20,21,25)/t10?,13?,14-/m1/s1. The van der Waals surface area contributed by atoms with Gasteiger partial charge in [-0.1, -0.05) is 23.7 Å². The van der Waals surface area contributed by atoms with E-state index in [0.29, 0.717) is 36.3 Å². The third kappa shape index (κ3) is 5.94. The van der Waals surface area contributed by atoms with Crippen LogP contribution in [-0.2, 0) is 9.59 Å². The number of amides is 3. The quantitative estimate of drug-likeness (QED) is 0.615. The van der Waals surface area contributed by atoms with Crippen LogP contribution in [0.4, 0.5) is 4.79 Å². The van der Waals surface area contributed by atoms with Crippen LogP contribution in [0.15, 0.2) is 24.3 Å². The van der Waals surface area contributed by atoms with Crippen molar-refractivity contribution in [2.24, 2.45) is 11.7 Å². The summed E-state index contributed by atoms with van der Waals surface area (Å²) in [5.74, 6) is -1.66. The number of carboxylic acids is 1. The Morgan fingerprint density at radius 2 is 1.92 bits per heavy atom. The summed E-state index contributed by atoms with van der Waals surface area (Å²) in [6.07, 6.45) is 2.27. The zero-order valence-corrected chi connectivity index (χ0v) is 14.5. The summed E-state index contributed by atoms with van der Waals surface area (Å²) < 4.78 is 0. The number of nitrogens with two attached hydrogens (primary N) is 1. The van der Waals surface area contributed by atoms with Crippen LogP contribution in [0, 0.1) is 5.92 Å². The van der Waals surface area contributed by atoms with E-state index in [1.54, 1.807) is 24.3 Å². The van der Waals surface area contributed by atoms with Crippen LogP contribution in [0.2, 0.25) is 5.02 Å². The molecule has 7 nitrogen and oxygen atoms in total. The predicted molar refractivity (Wildman–Crippen MR) is 93.1 cm³/mol. The molecule has 3 amide bonds. The van der Waals surface area contributed by atoms with E-state index in [4.69, 9.17) is 22.4 Å². The Labute approximate surface area is 150 Å². The Morgan fingerprint density at radius 1 is 1.24 bits per heavy atom. The average Bonchev–Trinajstić information content (AvgIpc) is 2.54. The van der Waals surface area contributed by atoms with Gasteiger partial charge in [-0.2, -0.15) is 0 Å². The van der Waals surface area contributed by atoms with Gasteiger partial charge >= 0.3 is 12.0 Å². The van der Waals surface area contributed by atoms with E-state index in [1.165, 1.54) is 0 Å². The van der Waals surface area contributed by atoms with Crippen LogP contribution < -0.4 is 16.4 Å². The van der Waals surface area contributed by atoms with Gasteiger partial charge in [0, 0.05) is 11.1 Å². The van der Waals surface area contributed by atoms with Crippen molar-refractivity contribution >= 4 is 29.5 Å². The summed E-state index contributed by atoms with van der Waals surface area (Å²) in [7, 11) is 0. The second-order valence-corrected chi connectivity index (χ2v) is 6.72. The summed E-state index contributed by atoms with van der Waals surface area (Å²) in [6.45, 7) is 0. The predicted octanol–water partition coefficient (Wildman–Crippen LogP) is 2.20. The number of carbonyl (C=O) groups is 3. The number of aliphatic carboxylic acids is 1. The molecule has 0 unspecified atom stereocenters. The van der Waals surface area contributed by atoms with Gasteiger partial charge in [0.15, 0.2) is 0 Å². The van der Waals surface area contributed by atoms with Crippen molar-refractivity contribution in [3.05, 3.63) is 34.9 Å². The van der Waals surface area contributed by atoms with Gasteiger partial charge in [0.05, 0.1) is 18.4 Å². The van der Waals surface area contributed by atoms with Crippen LogP contribution in [0.25, 0.3) is 0 Å². The monoisotopic (exact) mass is 367 g/mol. The number of benzene rings is 1. The number of hydrogen-bond acceptors (Lipinski definition) is 3. The van der Waals surface area contributed by atoms with E-state index in [0.717, 1.165) is 0 Å². The minimum atomic E-state index is -0.787. The second kappa shape index (κ2) is 8.71. The number of urea groups is 1.